The van der Waals surface area contributed by atoms with Crippen molar-refractivity contribution in [3.63, 3.8) is 0 Å². The standard InChI is InChI=1S/C12H15NO4/c1-8-4-6-12(7-5-8,11(16)17)13-9(14)2-3-10(13)15/h2-3,8H,4-7H2,1H3,(H,16,17). The highest BCUT2D eigenvalue weighted by Gasteiger charge is 2.51. The van der Waals surface area contributed by atoms with Gasteiger partial charge < -0.3 is 5.11 Å². The summed E-state index contributed by atoms with van der Waals surface area (Å²) < 4.78 is 0. The topological polar surface area (TPSA) is 74.7 Å². The molecule has 5 heteroatoms. The number of carbonyl (C=O) groups is 3. The minimum absolute atomic E-state index is 0.350. The molecule has 0 atom stereocenters. The Labute approximate surface area is 99.1 Å². The Kier molecular flexibility index (Phi) is 2.77. The summed E-state index contributed by atoms with van der Waals surface area (Å²) in [4.78, 5) is 35.7. The number of hydrogen-bond donors (Lipinski definition) is 1. The Hall–Kier alpha value is -1.65. The first kappa shape index (κ1) is 11.8. The van der Waals surface area contributed by atoms with Gasteiger partial charge in [-0.05, 0) is 31.6 Å². The molecule has 1 saturated carbocycles. The van der Waals surface area contributed by atoms with E-state index in [9.17, 15) is 19.5 Å². The first-order valence-corrected chi connectivity index (χ1v) is 5.77. The smallest absolute Gasteiger partial charge is 0.330 e. The molecule has 0 saturated heterocycles. The van der Waals surface area contributed by atoms with Crippen molar-refractivity contribution in [1.82, 2.24) is 4.90 Å². The van der Waals surface area contributed by atoms with Crippen molar-refractivity contribution in [3.05, 3.63) is 12.2 Å². The summed E-state index contributed by atoms with van der Waals surface area (Å²) in [6, 6.07) is 0. The summed E-state index contributed by atoms with van der Waals surface area (Å²) >= 11 is 0. The van der Waals surface area contributed by atoms with Crippen LogP contribution in [0.25, 0.3) is 0 Å². The molecule has 0 bridgehead atoms. The first-order chi connectivity index (χ1) is 7.97. The Morgan fingerprint density at radius 3 is 2.18 bits per heavy atom. The summed E-state index contributed by atoms with van der Waals surface area (Å²) in [6.07, 6.45) is 4.44. The van der Waals surface area contributed by atoms with E-state index in [4.69, 9.17) is 0 Å². The van der Waals surface area contributed by atoms with Crippen LogP contribution >= 0.6 is 0 Å². The summed E-state index contributed by atoms with van der Waals surface area (Å²) in [5, 5.41) is 9.40. The minimum Gasteiger partial charge on any atom is -0.479 e. The quantitative estimate of drug-likeness (QED) is 0.725. The molecule has 17 heavy (non-hydrogen) atoms. The molecule has 2 amide bonds. The second kappa shape index (κ2) is 3.98. The van der Waals surface area contributed by atoms with Gasteiger partial charge in [0.05, 0.1) is 0 Å². The molecule has 0 aromatic rings. The number of nitrogens with zero attached hydrogens (tertiary/aromatic N) is 1. The molecule has 5 nitrogen and oxygen atoms in total. The monoisotopic (exact) mass is 237 g/mol. The molecule has 92 valence electrons. The maximum Gasteiger partial charge on any atom is 0.330 e. The second-order valence-corrected chi connectivity index (χ2v) is 4.86. The fraction of sp³-hybridized carbons (Fsp3) is 0.583. The van der Waals surface area contributed by atoms with E-state index in [1.54, 1.807) is 0 Å². The molecule has 1 heterocycles. The summed E-state index contributed by atoms with van der Waals surface area (Å²) in [7, 11) is 0. The number of hydrogen-bond acceptors (Lipinski definition) is 3. The van der Waals surface area contributed by atoms with E-state index in [0.29, 0.717) is 18.8 Å². The lowest BCUT2D eigenvalue weighted by Gasteiger charge is -2.41. The molecule has 0 unspecified atom stereocenters. The molecule has 1 aliphatic heterocycles. The van der Waals surface area contributed by atoms with E-state index >= 15 is 0 Å². The van der Waals surface area contributed by atoms with Crippen molar-refractivity contribution < 1.29 is 19.5 Å². The fourth-order valence-corrected chi connectivity index (χ4v) is 2.59. The van der Waals surface area contributed by atoms with Crippen molar-refractivity contribution in [3.8, 4) is 0 Å². The predicted molar refractivity (Wildman–Crippen MR) is 59.0 cm³/mol. The van der Waals surface area contributed by atoms with Gasteiger partial charge in [-0.15, -0.1) is 0 Å². The zero-order valence-corrected chi connectivity index (χ0v) is 9.68. The molecule has 1 aliphatic carbocycles. The lowest BCUT2D eigenvalue weighted by atomic mass is 9.76. The lowest BCUT2D eigenvalue weighted by molar-refractivity contribution is -0.165. The van der Waals surface area contributed by atoms with E-state index in [1.807, 2.05) is 0 Å². The van der Waals surface area contributed by atoms with Gasteiger partial charge in [0.1, 0.15) is 5.54 Å². The third-order valence-electron chi connectivity index (χ3n) is 3.74. The van der Waals surface area contributed by atoms with E-state index in [2.05, 4.69) is 6.92 Å². The van der Waals surface area contributed by atoms with Crippen LogP contribution in [0.15, 0.2) is 12.2 Å². The highest BCUT2D eigenvalue weighted by molar-refractivity contribution is 6.15. The summed E-state index contributed by atoms with van der Waals surface area (Å²) in [5.41, 5.74) is -1.33. The molecular weight excluding hydrogens is 222 g/mol. The summed E-state index contributed by atoms with van der Waals surface area (Å²) in [6.45, 7) is 2.05. The van der Waals surface area contributed by atoms with Crippen molar-refractivity contribution >= 4 is 17.8 Å². The van der Waals surface area contributed by atoms with Crippen molar-refractivity contribution in [1.29, 1.82) is 0 Å². The average Bonchev–Trinajstić information content (AvgIpc) is 2.61. The first-order valence-electron chi connectivity index (χ1n) is 5.77. The van der Waals surface area contributed by atoms with Crippen LogP contribution in [-0.2, 0) is 14.4 Å². The van der Waals surface area contributed by atoms with Crippen LogP contribution in [0, 0.1) is 5.92 Å². The number of carbonyl (C=O) groups excluding carboxylic acids is 2. The molecule has 2 aliphatic rings. The number of imide groups is 1. The SMILES string of the molecule is CC1CCC(C(=O)O)(N2C(=O)C=CC2=O)CC1. The average molecular weight is 237 g/mol. The normalized spacial score (nSPS) is 33.2. The fourth-order valence-electron chi connectivity index (χ4n) is 2.59. The molecule has 1 N–H and O–H groups in total. The number of carboxylic acid groups (broad SMARTS) is 1. The van der Waals surface area contributed by atoms with Crippen LogP contribution in [0.2, 0.25) is 0 Å². The number of amides is 2. The zero-order chi connectivity index (χ0) is 12.6. The number of carboxylic acids is 1. The van der Waals surface area contributed by atoms with E-state index in [-0.39, 0.29) is 0 Å². The molecule has 0 aromatic heterocycles. The van der Waals surface area contributed by atoms with E-state index in [0.717, 1.165) is 29.9 Å². The Bertz CT molecular complexity index is 387. The van der Waals surface area contributed by atoms with Gasteiger partial charge >= 0.3 is 5.97 Å². The largest absolute Gasteiger partial charge is 0.479 e. The molecule has 0 radical (unpaired) electrons. The van der Waals surface area contributed by atoms with Crippen LogP contribution in [0.5, 0.6) is 0 Å². The van der Waals surface area contributed by atoms with Crippen molar-refractivity contribution in [2.24, 2.45) is 5.92 Å². The van der Waals surface area contributed by atoms with Crippen LogP contribution < -0.4 is 0 Å². The molecule has 0 aromatic carbocycles. The Balaban J connectivity index is 2.32. The lowest BCUT2D eigenvalue weighted by Crippen LogP contribution is -2.58. The third-order valence-corrected chi connectivity index (χ3v) is 3.74. The zero-order valence-electron chi connectivity index (χ0n) is 9.68. The maximum atomic E-state index is 11.6. The van der Waals surface area contributed by atoms with Crippen LogP contribution in [0.3, 0.4) is 0 Å². The number of aliphatic carboxylic acids is 1. The van der Waals surface area contributed by atoms with Crippen LogP contribution in [-0.4, -0.2) is 33.3 Å². The van der Waals surface area contributed by atoms with Gasteiger partial charge in [-0.2, -0.15) is 0 Å². The summed E-state index contributed by atoms with van der Waals surface area (Å²) in [5.74, 6) is -1.64. The molecule has 0 spiro atoms. The molecule has 2 rings (SSSR count). The van der Waals surface area contributed by atoms with Crippen molar-refractivity contribution in [2.45, 2.75) is 38.1 Å². The van der Waals surface area contributed by atoms with Crippen molar-refractivity contribution in [2.75, 3.05) is 0 Å². The highest BCUT2D eigenvalue weighted by Crippen LogP contribution is 2.38. The Morgan fingerprint density at radius 2 is 1.76 bits per heavy atom. The number of rotatable bonds is 2. The van der Waals surface area contributed by atoms with E-state index < -0.39 is 23.3 Å². The Morgan fingerprint density at radius 1 is 1.29 bits per heavy atom. The maximum absolute atomic E-state index is 11.6. The van der Waals surface area contributed by atoms with Gasteiger partial charge in [0, 0.05) is 12.2 Å². The predicted octanol–water partition coefficient (Wildman–Crippen LogP) is 0.945. The second-order valence-electron chi connectivity index (χ2n) is 4.86. The van der Waals surface area contributed by atoms with Gasteiger partial charge in [0.2, 0.25) is 0 Å². The van der Waals surface area contributed by atoms with Crippen LogP contribution in [0.4, 0.5) is 0 Å². The van der Waals surface area contributed by atoms with E-state index in [1.165, 1.54) is 0 Å². The van der Waals surface area contributed by atoms with Gasteiger partial charge in [-0.1, -0.05) is 6.92 Å². The third kappa shape index (κ3) is 1.75. The van der Waals surface area contributed by atoms with Gasteiger partial charge in [0.25, 0.3) is 11.8 Å². The van der Waals surface area contributed by atoms with Gasteiger partial charge in [-0.3, -0.25) is 14.5 Å². The molecular formula is C12H15NO4. The van der Waals surface area contributed by atoms with Gasteiger partial charge in [-0.25, -0.2) is 4.79 Å². The van der Waals surface area contributed by atoms with Gasteiger partial charge in [0.15, 0.2) is 0 Å². The molecule has 1 fully saturated rings. The highest BCUT2D eigenvalue weighted by atomic mass is 16.4. The minimum atomic E-state index is -1.33. The van der Waals surface area contributed by atoms with Crippen LogP contribution in [0.1, 0.15) is 32.6 Å².